The van der Waals surface area contributed by atoms with Crippen LogP contribution in [0.25, 0.3) is 16.7 Å². The molecule has 4 rings (SSSR count). The summed E-state index contributed by atoms with van der Waals surface area (Å²) in [6, 6.07) is 20.5. The molecule has 31 heavy (non-hydrogen) atoms. The van der Waals surface area contributed by atoms with E-state index < -0.39 is 5.60 Å². The van der Waals surface area contributed by atoms with Gasteiger partial charge < -0.3 is 10.1 Å². The molecular weight excluding hydrogens is 412 g/mol. The number of hydrogen-bond donors (Lipinski definition) is 1. The highest BCUT2D eigenvalue weighted by Crippen LogP contribution is 2.23. The van der Waals surface area contributed by atoms with Crippen molar-refractivity contribution in [1.29, 1.82) is 0 Å². The number of nitrogens with zero attached hydrogens (tertiary/aromatic N) is 3. The van der Waals surface area contributed by atoms with E-state index in [9.17, 15) is 4.79 Å². The van der Waals surface area contributed by atoms with Gasteiger partial charge in [0, 0.05) is 10.7 Å². The summed E-state index contributed by atoms with van der Waals surface area (Å²) in [5, 5.41) is 12.6. The molecular formula is C24H23ClN4O2. The van der Waals surface area contributed by atoms with E-state index in [0.717, 1.165) is 17.6 Å². The molecule has 158 valence electrons. The lowest BCUT2D eigenvalue weighted by Gasteiger charge is -2.25. The van der Waals surface area contributed by atoms with Crippen molar-refractivity contribution >= 4 is 34.2 Å². The summed E-state index contributed by atoms with van der Waals surface area (Å²) in [5.41, 5.74) is 3.12. The van der Waals surface area contributed by atoms with Crippen LogP contribution in [-0.4, -0.2) is 26.5 Å². The van der Waals surface area contributed by atoms with Gasteiger partial charge in [0.15, 0.2) is 5.60 Å². The van der Waals surface area contributed by atoms with Crippen molar-refractivity contribution in [2.45, 2.75) is 32.8 Å². The Morgan fingerprint density at radius 2 is 1.68 bits per heavy atom. The van der Waals surface area contributed by atoms with Crippen LogP contribution in [0.3, 0.4) is 0 Å². The van der Waals surface area contributed by atoms with Crippen molar-refractivity contribution in [1.82, 2.24) is 15.0 Å². The number of carbonyl (C=O) groups excluding carboxylic acids is 1. The van der Waals surface area contributed by atoms with Gasteiger partial charge in [0.05, 0.1) is 5.69 Å². The summed E-state index contributed by atoms with van der Waals surface area (Å²) in [5.74, 6) is 0.293. The van der Waals surface area contributed by atoms with Crippen molar-refractivity contribution in [3.63, 3.8) is 0 Å². The van der Waals surface area contributed by atoms with Crippen LogP contribution in [0.1, 0.15) is 26.3 Å². The predicted octanol–water partition coefficient (Wildman–Crippen LogP) is 5.43. The van der Waals surface area contributed by atoms with Crippen molar-refractivity contribution in [2.75, 3.05) is 5.32 Å². The lowest BCUT2D eigenvalue weighted by atomic mass is 10.1. The molecule has 0 fully saturated rings. The van der Waals surface area contributed by atoms with Gasteiger partial charge in [-0.15, -0.1) is 10.2 Å². The molecule has 0 aliphatic rings. The average Bonchev–Trinajstić information content (AvgIpc) is 3.18. The first-order chi connectivity index (χ1) is 14.8. The Bertz CT molecular complexity index is 1210. The third-order valence-corrected chi connectivity index (χ3v) is 5.20. The molecule has 4 aromatic rings. The fourth-order valence-corrected chi connectivity index (χ4v) is 3.22. The maximum absolute atomic E-state index is 12.8. The minimum absolute atomic E-state index is 0.274. The van der Waals surface area contributed by atoms with E-state index in [2.05, 4.69) is 34.6 Å². The lowest BCUT2D eigenvalue weighted by molar-refractivity contribution is -0.128. The molecule has 0 saturated heterocycles. The van der Waals surface area contributed by atoms with Crippen molar-refractivity contribution < 1.29 is 9.53 Å². The standard InChI is InChI=1S/C24H23ClN4O2/c1-4-16-5-10-19(11-6-16)29-27-21-14-9-18(15-22(21)28-29)26-23(30)24(2,3)31-20-12-7-17(25)8-13-20/h5-15H,4H2,1-3H3,(H,26,30). The highest BCUT2D eigenvalue weighted by Gasteiger charge is 2.30. The number of aromatic nitrogens is 3. The molecule has 6 nitrogen and oxygen atoms in total. The van der Waals surface area contributed by atoms with Gasteiger partial charge in [0.25, 0.3) is 5.91 Å². The Kier molecular flexibility index (Phi) is 5.65. The first kappa shape index (κ1) is 20.9. The maximum Gasteiger partial charge on any atom is 0.267 e. The van der Waals surface area contributed by atoms with Crippen LogP contribution in [0.5, 0.6) is 5.75 Å². The first-order valence-electron chi connectivity index (χ1n) is 10.1. The Labute approximate surface area is 185 Å². The van der Waals surface area contributed by atoms with Gasteiger partial charge in [-0.3, -0.25) is 4.79 Å². The van der Waals surface area contributed by atoms with Gasteiger partial charge in [-0.05, 0) is 80.4 Å². The molecule has 1 heterocycles. The smallest absolute Gasteiger partial charge is 0.267 e. The fraction of sp³-hybridized carbons (Fsp3) is 0.208. The Morgan fingerprint density at radius 3 is 2.35 bits per heavy atom. The van der Waals surface area contributed by atoms with E-state index in [1.54, 1.807) is 55.0 Å². The molecule has 3 aromatic carbocycles. The number of carbonyl (C=O) groups is 1. The number of rotatable bonds is 6. The largest absolute Gasteiger partial charge is 0.478 e. The third kappa shape index (κ3) is 4.70. The number of ether oxygens (including phenoxy) is 1. The molecule has 0 atom stereocenters. The number of nitrogens with one attached hydrogen (secondary N) is 1. The minimum atomic E-state index is -1.08. The molecule has 1 amide bonds. The van der Waals surface area contributed by atoms with E-state index in [4.69, 9.17) is 16.3 Å². The van der Waals surface area contributed by atoms with Crippen LogP contribution in [0, 0.1) is 0 Å². The van der Waals surface area contributed by atoms with Gasteiger partial charge in [-0.25, -0.2) is 0 Å². The molecule has 0 saturated carbocycles. The molecule has 0 spiro atoms. The molecule has 0 bridgehead atoms. The highest BCUT2D eigenvalue weighted by atomic mass is 35.5. The molecule has 0 aliphatic heterocycles. The molecule has 1 N–H and O–H groups in total. The van der Waals surface area contributed by atoms with Crippen molar-refractivity contribution in [3.05, 3.63) is 77.3 Å². The van der Waals surface area contributed by atoms with E-state index in [1.165, 1.54) is 5.56 Å². The van der Waals surface area contributed by atoms with Crippen LogP contribution in [0.15, 0.2) is 66.7 Å². The number of fused-ring (bicyclic) bond motifs is 1. The Balaban J connectivity index is 1.51. The SMILES string of the molecule is CCc1ccc(-n2nc3ccc(NC(=O)C(C)(C)Oc4ccc(Cl)cc4)cc3n2)cc1. The van der Waals surface area contributed by atoms with Crippen molar-refractivity contribution in [3.8, 4) is 11.4 Å². The second-order valence-corrected chi connectivity index (χ2v) is 8.17. The lowest BCUT2D eigenvalue weighted by Crippen LogP contribution is -2.42. The highest BCUT2D eigenvalue weighted by molar-refractivity contribution is 6.30. The number of amides is 1. The van der Waals surface area contributed by atoms with Crippen LogP contribution < -0.4 is 10.1 Å². The Hall–Kier alpha value is -3.38. The molecule has 0 radical (unpaired) electrons. The minimum Gasteiger partial charge on any atom is -0.478 e. The van der Waals surface area contributed by atoms with Gasteiger partial charge in [0.2, 0.25) is 0 Å². The van der Waals surface area contributed by atoms with Crippen LogP contribution in [0.4, 0.5) is 5.69 Å². The summed E-state index contributed by atoms with van der Waals surface area (Å²) in [6.07, 6.45) is 0.982. The van der Waals surface area contributed by atoms with Gasteiger partial charge in [-0.2, -0.15) is 4.80 Å². The van der Waals surface area contributed by atoms with E-state index >= 15 is 0 Å². The quantitative estimate of drug-likeness (QED) is 0.439. The second-order valence-electron chi connectivity index (χ2n) is 7.73. The average molecular weight is 435 g/mol. The predicted molar refractivity (Wildman–Crippen MR) is 123 cm³/mol. The first-order valence-corrected chi connectivity index (χ1v) is 10.4. The van der Waals surface area contributed by atoms with Crippen LogP contribution >= 0.6 is 11.6 Å². The Morgan fingerprint density at radius 1 is 1.00 bits per heavy atom. The summed E-state index contributed by atoms with van der Waals surface area (Å²) < 4.78 is 5.86. The zero-order valence-corrected chi connectivity index (χ0v) is 18.3. The van der Waals surface area contributed by atoms with Gasteiger partial charge >= 0.3 is 0 Å². The number of aryl methyl sites for hydroxylation is 1. The number of anilines is 1. The third-order valence-electron chi connectivity index (χ3n) is 4.95. The van der Waals surface area contributed by atoms with E-state index in [0.29, 0.717) is 22.0 Å². The van der Waals surface area contributed by atoms with Gasteiger partial charge in [-0.1, -0.05) is 30.7 Å². The molecule has 1 aromatic heterocycles. The monoisotopic (exact) mass is 434 g/mol. The summed E-state index contributed by atoms with van der Waals surface area (Å²) in [4.78, 5) is 14.4. The topological polar surface area (TPSA) is 69.0 Å². The second kappa shape index (κ2) is 8.40. The number of halogens is 1. The normalized spacial score (nSPS) is 11.5. The number of hydrogen-bond acceptors (Lipinski definition) is 4. The molecule has 0 aliphatic carbocycles. The molecule has 0 unspecified atom stereocenters. The summed E-state index contributed by atoms with van der Waals surface area (Å²) >= 11 is 5.91. The summed E-state index contributed by atoms with van der Waals surface area (Å²) in [7, 11) is 0. The van der Waals surface area contributed by atoms with E-state index in [1.807, 2.05) is 18.2 Å². The van der Waals surface area contributed by atoms with Crippen LogP contribution in [0.2, 0.25) is 5.02 Å². The fourth-order valence-electron chi connectivity index (χ4n) is 3.10. The van der Waals surface area contributed by atoms with Crippen LogP contribution in [-0.2, 0) is 11.2 Å². The number of benzene rings is 3. The zero-order chi connectivity index (χ0) is 22.0. The van der Waals surface area contributed by atoms with Crippen molar-refractivity contribution in [2.24, 2.45) is 0 Å². The maximum atomic E-state index is 12.8. The summed E-state index contributed by atoms with van der Waals surface area (Å²) in [6.45, 7) is 5.55. The van der Waals surface area contributed by atoms with E-state index in [-0.39, 0.29) is 5.91 Å². The zero-order valence-electron chi connectivity index (χ0n) is 17.6. The van der Waals surface area contributed by atoms with Gasteiger partial charge in [0.1, 0.15) is 16.8 Å². The molecule has 7 heteroatoms.